The van der Waals surface area contributed by atoms with Crippen LogP contribution in [0.1, 0.15) is 29.9 Å². The number of likely N-dealkylation sites (tertiary alicyclic amines) is 1. The number of halogens is 1. The Morgan fingerprint density at radius 3 is 2.56 bits per heavy atom. The molecule has 4 nitrogen and oxygen atoms in total. The summed E-state index contributed by atoms with van der Waals surface area (Å²) in [6.07, 6.45) is 0.174. The first-order valence-electron chi connectivity index (χ1n) is 5.44. The predicted octanol–water partition coefficient (Wildman–Crippen LogP) is 2.48. The van der Waals surface area contributed by atoms with Crippen molar-refractivity contribution in [1.29, 1.82) is 0 Å². The summed E-state index contributed by atoms with van der Waals surface area (Å²) in [6, 6.07) is 3.46. The van der Waals surface area contributed by atoms with Gasteiger partial charge < -0.3 is 0 Å². The van der Waals surface area contributed by atoms with Crippen molar-refractivity contribution in [2.75, 3.05) is 6.54 Å². The number of hydrogen-bond acceptors (Lipinski definition) is 4. The molecule has 2 heterocycles. The molecule has 6 heteroatoms. The molecule has 96 valence electrons. The summed E-state index contributed by atoms with van der Waals surface area (Å²) in [7, 11) is 0. The first-order chi connectivity index (χ1) is 8.31. The first-order valence-corrected chi connectivity index (χ1v) is 7.05. The van der Waals surface area contributed by atoms with Crippen molar-refractivity contribution in [2.24, 2.45) is 5.41 Å². The second-order valence-electron chi connectivity index (χ2n) is 4.87. The van der Waals surface area contributed by atoms with Gasteiger partial charge in [0.1, 0.15) is 0 Å². The van der Waals surface area contributed by atoms with Gasteiger partial charge in [-0.3, -0.25) is 19.3 Å². The van der Waals surface area contributed by atoms with E-state index in [1.54, 1.807) is 26.0 Å². The van der Waals surface area contributed by atoms with E-state index in [0.29, 0.717) is 4.88 Å². The number of carbonyl (C=O) groups is 3. The number of amides is 2. The smallest absolute Gasteiger partial charge is 0.235 e. The van der Waals surface area contributed by atoms with E-state index in [1.807, 2.05) is 0 Å². The Hall–Kier alpha value is -1.01. The Bertz CT molecular complexity index is 535. The van der Waals surface area contributed by atoms with Gasteiger partial charge in [0.2, 0.25) is 11.8 Å². The molecular formula is C12H12BrNO3S. The van der Waals surface area contributed by atoms with Crippen LogP contribution in [0.4, 0.5) is 0 Å². The number of ketones is 1. The molecule has 1 aromatic rings. The number of thiophene rings is 1. The molecular weight excluding hydrogens is 318 g/mol. The average molecular weight is 330 g/mol. The first kappa shape index (κ1) is 13.4. The van der Waals surface area contributed by atoms with E-state index in [4.69, 9.17) is 0 Å². The summed E-state index contributed by atoms with van der Waals surface area (Å²) in [6.45, 7) is 3.28. The Labute approximate surface area is 117 Å². The minimum absolute atomic E-state index is 0.159. The Morgan fingerprint density at radius 1 is 1.44 bits per heavy atom. The number of carbonyl (C=O) groups excluding carboxylic acids is 3. The lowest BCUT2D eigenvalue weighted by atomic mass is 9.92. The molecule has 0 bridgehead atoms. The zero-order chi connectivity index (χ0) is 13.5. The molecule has 1 aliphatic rings. The van der Waals surface area contributed by atoms with E-state index < -0.39 is 5.41 Å². The number of Topliss-reactive ketones (excluding diaryl/α,β-unsaturated/α-hetero) is 1. The maximum absolute atomic E-state index is 12.0. The van der Waals surface area contributed by atoms with Crippen LogP contribution in [0.5, 0.6) is 0 Å². The normalized spacial score (nSPS) is 18.5. The van der Waals surface area contributed by atoms with Crippen LogP contribution in [0, 0.1) is 5.41 Å². The van der Waals surface area contributed by atoms with Gasteiger partial charge >= 0.3 is 0 Å². The van der Waals surface area contributed by atoms with Crippen molar-refractivity contribution < 1.29 is 14.4 Å². The zero-order valence-electron chi connectivity index (χ0n) is 10.0. The van der Waals surface area contributed by atoms with Gasteiger partial charge in [0, 0.05) is 6.42 Å². The van der Waals surface area contributed by atoms with Crippen LogP contribution in [-0.4, -0.2) is 29.0 Å². The summed E-state index contributed by atoms with van der Waals surface area (Å²) < 4.78 is 0.852. The van der Waals surface area contributed by atoms with Crippen LogP contribution >= 0.6 is 27.3 Å². The number of imide groups is 1. The van der Waals surface area contributed by atoms with Crippen molar-refractivity contribution in [3.63, 3.8) is 0 Å². The number of rotatable bonds is 3. The third kappa shape index (κ3) is 2.40. The maximum atomic E-state index is 12.0. The van der Waals surface area contributed by atoms with Crippen molar-refractivity contribution in [3.8, 4) is 0 Å². The molecule has 1 fully saturated rings. The van der Waals surface area contributed by atoms with E-state index >= 15 is 0 Å². The van der Waals surface area contributed by atoms with Crippen molar-refractivity contribution in [3.05, 3.63) is 20.8 Å². The topological polar surface area (TPSA) is 54.5 Å². The van der Waals surface area contributed by atoms with Crippen LogP contribution in [0.25, 0.3) is 0 Å². The molecule has 0 N–H and O–H groups in total. The molecule has 0 aromatic carbocycles. The van der Waals surface area contributed by atoms with Gasteiger partial charge in [-0.15, -0.1) is 11.3 Å². The molecule has 0 aliphatic carbocycles. The Balaban J connectivity index is 2.13. The minimum Gasteiger partial charge on any atom is -0.291 e. The molecule has 0 radical (unpaired) electrons. The van der Waals surface area contributed by atoms with Gasteiger partial charge in [0.05, 0.1) is 20.6 Å². The van der Waals surface area contributed by atoms with Gasteiger partial charge in [-0.1, -0.05) is 13.8 Å². The van der Waals surface area contributed by atoms with Crippen molar-refractivity contribution >= 4 is 44.9 Å². The standard InChI is InChI=1S/C12H12BrNO3S/c1-12(2)5-10(16)14(11(12)17)6-7(15)8-3-4-9(13)18-8/h3-4H,5-6H2,1-2H3. The van der Waals surface area contributed by atoms with Gasteiger partial charge in [-0.2, -0.15) is 0 Å². The van der Waals surface area contributed by atoms with E-state index in [2.05, 4.69) is 15.9 Å². The van der Waals surface area contributed by atoms with E-state index in [-0.39, 0.29) is 30.6 Å². The summed E-state index contributed by atoms with van der Waals surface area (Å²) >= 11 is 4.57. The van der Waals surface area contributed by atoms with E-state index in [0.717, 1.165) is 8.69 Å². The highest BCUT2D eigenvalue weighted by Gasteiger charge is 2.45. The highest BCUT2D eigenvalue weighted by Crippen LogP contribution is 2.32. The van der Waals surface area contributed by atoms with Crippen molar-refractivity contribution in [1.82, 2.24) is 4.90 Å². The second kappa shape index (κ2) is 4.59. The van der Waals surface area contributed by atoms with Crippen LogP contribution in [0.15, 0.2) is 15.9 Å². The fourth-order valence-corrected chi connectivity index (χ4v) is 3.19. The number of hydrogen-bond donors (Lipinski definition) is 0. The molecule has 2 rings (SSSR count). The minimum atomic E-state index is -0.687. The molecule has 1 aromatic heterocycles. The quantitative estimate of drug-likeness (QED) is 0.632. The fourth-order valence-electron chi connectivity index (χ4n) is 1.87. The average Bonchev–Trinajstić information content (AvgIpc) is 2.77. The van der Waals surface area contributed by atoms with Gasteiger partial charge in [0.15, 0.2) is 5.78 Å². The van der Waals surface area contributed by atoms with Crippen LogP contribution < -0.4 is 0 Å². The molecule has 2 amide bonds. The lowest BCUT2D eigenvalue weighted by Crippen LogP contribution is -2.37. The highest BCUT2D eigenvalue weighted by atomic mass is 79.9. The van der Waals surface area contributed by atoms with E-state index in [1.165, 1.54) is 11.3 Å². The maximum Gasteiger partial charge on any atom is 0.235 e. The molecule has 0 atom stereocenters. The molecule has 0 unspecified atom stereocenters. The molecule has 1 saturated heterocycles. The largest absolute Gasteiger partial charge is 0.291 e. The predicted molar refractivity (Wildman–Crippen MR) is 71.5 cm³/mol. The van der Waals surface area contributed by atoms with Gasteiger partial charge in [0.25, 0.3) is 0 Å². The fraction of sp³-hybridized carbons (Fsp3) is 0.417. The Morgan fingerprint density at radius 2 is 2.11 bits per heavy atom. The lowest BCUT2D eigenvalue weighted by Gasteiger charge is -2.16. The third-order valence-corrected chi connectivity index (χ3v) is 4.53. The zero-order valence-corrected chi connectivity index (χ0v) is 12.4. The van der Waals surface area contributed by atoms with Gasteiger partial charge in [-0.25, -0.2) is 0 Å². The summed E-state index contributed by atoms with van der Waals surface area (Å²) in [5.41, 5.74) is -0.687. The Kier molecular flexibility index (Phi) is 3.42. The van der Waals surface area contributed by atoms with Crippen molar-refractivity contribution in [2.45, 2.75) is 20.3 Å². The van der Waals surface area contributed by atoms with Crippen LogP contribution in [0.3, 0.4) is 0 Å². The van der Waals surface area contributed by atoms with Crippen LogP contribution in [-0.2, 0) is 9.59 Å². The van der Waals surface area contributed by atoms with E-state index in [9.17, 15) is 14.4 Å². The summed E-state index contributed by atoms with van der Waals surface area (Å²) in [5, 5.41) is 0. The molecule has 0 spiro atoms. The number of nitrogens with zero attached hydrogens (tertiary/aromatic N) is 1. The SMILES string of the molecule is CC1(C)CC(=O)N(CC(=O)c2ccc(Br)s2)C1=O. The monoisotopic (exact) mass is 329 g/mol. The second-order valence-corrected chi connectivity index (χ2v) is 7.34. The highest BCUT2D eigenvalue weighted by molar-refractivity contribution is 9.11. The summed E-state index contributed by atoms with van der Waals surface area (Å²) in [4.78, 5) is 37.2. The molecule has 18 heavy (non-hydrogen) atoms. The van der Waals surface area contributed by atoms with Crippen LogP contribution in [0.2, 0.25) is 0 Å². The lowest BCUT2D eigenvalue weighted by molar-refractivity contribution is -0.140. The van der Waals surface area contributed by atoms with Gasteiger partial charge in [-0.05, 0) is 28.1 Å². The summed E-state index contributed by atoms with van der Waals surface area (Å²) in [5.74, 6) is -0.740. The third-order valence-electron chi connectivity index (χ3n) is 2.87. The molecule has 0 saturated carbocycles. The molecule has 1 aliphatic heterocycles.